The van der Waals surface area contributed by atoms with Gasteiger partial charge in [-0.3, -0.25) is 0 Å². The molecule has 0 saturated carbocycles. The summed E-state index contributed by atoms with van der Waals surface area (Å²) in [7, 11) is -6.54. The zero-order valence-corrected chi connectivity index (χ0v) is 23.3. The maximum Gasteiger partial charge on any atom is 0.175 e. The van der Waals surface area contributed by atoms with E-state index in [0.29, 0.717) is 0 Å². The fourth-order valence-electron chi connectivity index (χ4n) is 6.07. The van der Waals surface area contributed by atoms with Gasteiger partial charge in [0.2, 0.25) is 0 Å². The summed E-state index contributed by atoms with van der Waals surface area (Å²) in [5, 5.41) is 4.76. The van der Waals surface area contributed by atoms with Crippen molar-refractivity contribution in [2.45, 2.75) is 20.8 Å². The number of anilines is 3. The third kappa shape index (κ3) is 3.04. The van der Waals surface area contributed by atoms with Gasteiger partial charge in [0.25, 0.3) is 0 Å². The summed E-state index contributed by atoms with van der Waals surface area (Å²) in [6.45, 7) is 6.14. The van der Waals surface area contributed by atoms with Gasteiger partial charge < -0.3 is 14.0 Å². The van der Waals surface area contributed by atoms with Crippen molar-refractivity contribution in [1.82, 2.24) is 0 Å². The van der Waals surface area contributed by atoms with Crippen molar-refractivity contribution in [2.75, 3.05) is 4.90 Å². The number of fused-ring (bicyclic) bond motifs is 4. The molecule has 0 saturated heterocycles. The minimum atomic E-state index is -3.27. The Bertz CT molecular complexity index is 1730. The average Bonchev–Trinajstić information content (AvgIpc) is 2.93. The van der Waals surface area contributed by atoms with Crippen LogP contribution < -0.4 is 36.7 Å². The fraction of sp³-hybridized carbons (Fsp3) is 0.0909. The zero-order chi connectivity index (χ0) is 26.2. The van der Waals surface area contributed by atoms with Gasteiger partial charge >= 0.3 is 0 Å². The molecule has 3 nitrogen and oxygen atoms in total. The highest BCUT2D eigenvalue weighted by Crippen LogP contribution is 2.60. The molecule has 2 aliphatic rings. The Morgan fingerprint density at radius 2 is 0.895 bits per heavy atom. The molecule has 5 heteroatoms. The first-order valence-electron chi connectivity index (χ1n) is 12.8. The maximum atomic E-state index is 15.6. The van der Waals surface area contributed by atoms with Gasteiger partial charge in [0.05, 0.1) is 17.1 Å². The minimum absolute atomic E-state index is 0.762. The molecule has 2 aliphatic heterocycles. The highest BCUT2D eigenvalue weighted by molar-refractivity contribution is 7.88. The predicted octanol–water partition coefficient (Wildman–Crippen LogP) is 5.99. The molecule has 186 valence electrons. The highest BCUT2D eigenvalue weighted by atomic mass is 31.2. The van der Waals surface area contributed by atoms with Crippen LogP contribution in [0.1, 0.15) is 16.7 Å². The molecule has 5 aromatic rings. The van der Waals surface area contributed by atoms with Gasteiger partial charge in [-0.05, 0) is 73.9 Å². The molecule has 0 bridgehead atoms. The lowest BCUT2D eigenvalue weighted by atomic mass is 10.1. The predicted molar refractivity (Wildman–Crippen MR) is 161 cm³/mol. The Hall–Kier alpha value is -3.64. The zero-order valence-electron chi connectivity index (χ0n) is 21.6. The topological polar surface area (TPSA) is 37.4 Å². The van der Waals surface area contributed by atoms with Crippen LogP contribution in [0.3, 0.4) is 0 Å². The Labute approximate surface area is 223 Å². The summed E-state index contributed by atoms with van der Waals surface area (Å²) in [6, 6.07) is 36.1. The number of hydrogen-bond acceptors (Lipinski definition) is 3. The van der Waals surface area contributed by atoms with Crippen LogP contribution in [0.25, 0.3) is 0 Å². The summed E-state index contributed by atoms with van der Waals surface area (Å²) in [5.41, 5.74) is 5.75. The van der Waals surface area contributed by atoms with Gasteiger partial charge in [-0.25, -0.2) is 0 Å². The van der Waals surface area contributed by atoms with Crippen LogP contribution in [0.5, 0.6) is 0 Å². The van der Waals surface area contributed by atoms with E-state index in [0.717, 1.165) is 65.6 Å². The van der Waals surface area contributed by atoms with Gasteiger partial charge in [-0.2, -0.15) is 0 Å². The molecular formula is C33H27NO2P2. The second-order valence-electron chi connectivity index (χ2n) is 10.4. The molecule has 0 aliphatic carbocycles. The fourth-order valence-corrected chi connectivity index (χ4v) is 12.3. The molecule has 0 N–H and O–H groups in total. The minimum Gasteiger partial charge on any atom is -0.308 e. The molecule has 0 amide bonds. The first-order valence-corrected chi connectivity index (χ1v) is 16.2. The van der Waals surface area contributed by atoms with Gasteiger partial charge in [-0.1, -0.05) is 72.8 Å². The monoisotopic (exact) mass is 531 g/mol. The van der Waals surface area contributed by atoms with Crippen LogP contribution in [0.4, 0.5) is 17.1 Å². The summed E-state index contributed by atoms with van der Waals surface area (Å²) in [6.07, 6.45) is 0. The Balaban J connectivity index is 1.70. The van der Waals surface area contributed by atoms with Gasteiger partial charge in [0, 0.05) is 31.8 Å². The van der Waals surface area contributed by atoms with E-state index in [-0.39, 0.29) is 0 Å². The van der Waals surface area contributed by atoms with E-state index in [1.165, 1.54) is 0 Å². The van der Waals surface area contributed by atoms with E-state index in [1.54, 1.807) is 0 Å². The van der Waals surface area contributed by atoms with Gasteiger partial charge in [-0.15, -0.1) is 0 Å². The molecule has 5 aromatic carbocycles. The third-order valence-electron chi connectivity index (χ3n) is 7.78. The first kappa shape index (κ1) is 23.5. The number of benzene rings is 5. The number of hydrogen-bond donors (Lipinski definition) is 0. The van der Waals surface area contributed by atoms with Crippen LogP contribution in [0, 0.1) is 20.8 Å². The van der Waals surface area contributed by atoms with Crippen molar-refractivity contribution in [1.29, 1.82) is 0 Å². The van der Waals surface area contributed by atoms with Crippen molar-refractivity contribution >= 4 is 63.2 Å². The van der Waals surface area contributed by atoms with Crippen LogP contribution >= 0.6 is 14.3 Å². The molecule has 0 aromatic heterocycles. The normalized spacial score (nSPS) is 20.9. The highest BCUT2D eigenvalue weighted by Gasteiger charge is 2.49. The molecule has 0 spiro atoms. The van der Waals surface area contributed by atoms with E-state index in [1.807, 2.05) is 91.9 Å². The Morgan fingerprint density at radius 3 is 1.32 bits per heavy atom. The van der Waals surface area contributed by atoms with Crippen molar-refractivity contribution < 1.29 is 9.13 Å². The molecule has 2 atom stereocenters. The van der Waals surface area contributed by atoms with Crippen LogP contribution in [-0.2, 0) is 9.13 Å². The van der Waals surface area contributed by atoms with E-state index in [9.17, 15) is 0 Å². The number of nitrogens with zero attached hydrogens (tertiary/aromatic N) is 1. The second kappa shape index (κ2) is 8.18. The lowest BCUT2D eigenvalue weighted by Crippen LogP contribution is -2.46. The molecule has 2 heterocycles. The quantitative estimate of drug-likeness (QED) is 0.258. The van der Waals surface area contributed by atoms with E-state index in [2.05, 4.69) is 43.0 Å². The smallest absolute Gasteiger partial charge is 0.175 e. The number of rotatable bonds is 2. The standard InChI is InChI=1S/C33H27NO2P2/c1-22-14-16-29-27(18-22)34-28-19-23(2)15-17-30(28)38(36,26-12-8-5-9-13-26)32-21-24(3)20-31(33(32)34)37(29,35)25-10-6-4-7-11-25/h4-21H,1-3H3. The summed E-state index contributed by atoms with van der Waals surface area (Å²) < 4.78 is 31.2. The van der Waals surface area contributed by atoms with E-state index >= 15 is 9.13 Å². The average molecular weight is 532 g/mol. The van der Waals surface area contributed by atoms with Crippen LogP contribution in [0.15, 0.2) is 109 Å². The molecule has 0 fully saturated rings. The Morgan fingerprint density at radius 1 is 0.474 bits per heavy atom. The maximum absolute atomic E-state index is 15.6. The van der Waals surface area contributed by atoms with Crippen molar-refractivity contribution in [3.05, 3.63) is 126 Å². The largest absolute Gasteiger partial charge is 0.308 e. The lowest BCUT2D eigenvalue weighted by Gasteiger charge is -2.44. The number of aryl methyl sites for hydroxylation is 3. The van der Waals surface area contributed by atoms with Gasteiger partial charge in [0.15, 0.2) is 14.3 Å². The first-order chi connectivity index (χ1) is 18.3. The summed E-state index contributed by atoms with van der Waals surface area (Å²) >= 11 is 0. The van der Waals surface area contributed by atoms with Crippen LogP contribution in [-0.4, -0.2) is 0 Å². The van der Waals surface area contributed by atoms with Crippen LogP contribution in [0.2, 0.25) is 0 Å². The molecule has 38 heavy (non-hydrogen) atoms. The summed E-state index contributed by atoms with van der Waals surface area (Å²) in [4.78, 5) is 2.23. The molecule has 7 rings (SSSR count). The molecular weight excluding hydrogens is 504 g/mol. The summed E-state index contributed by atoms with van der Waals surface area (Å²) in [5.74, 6) is 0. The van der Waals surface area contributed by atoms with Crippen molar-refractivity contribution in [2.24, 2.45) is 0 Å². The third-order valence-corrected chi connectivity index (χ3v) is 14.0. The molecule has 2 unspecified atom stereocenters. The van der Waals surface area contributed by atoms with Gasteiger partial charge in [0.1, 0.15) is 0 Å². The SMILES string of the molecule is Cc1ccc2c(c1)N1c3cc(C)ccc3P(=O)(c3ccccc3)c3cc(C)cc(c31)P2(=O)c1ccccc1. The van der Waals surface area contributed by atoms with E-state index in [4.69, 9.17) is 0 Å². The lowest BCUT2D eigenvalue weighted by molar-refractivity contribution is 0.592. The van der Waals surface area contributed by atoms with Crippen molar-refractivity contribution in [3.63, 3.8) is 0 Å². The second-order valence-corrected chi connectivity index (χ2v) is 15.8. The molecule has 0 radical (unpaired) electrons. The van der Waals surface area contributed by atoms with Crippen molar-refractivity contribution in [3.8, 4) is 0 Å². The van der Waals surface area contributed by atoms with E-state index < -0.39 is 14.3 Å². The Kier molecular flexibility index (Phi) is 5.05.